The van der Waals surface area contributed by atoms with E-state index in [1.54, 1.807) is 0 Å². The normalized spacial score (nSPS) is 12.8. The smallest absolute Gasteiger partial charge is 0.143 e. The van der Waals surface area contributed by atoms with E-state index in [1.165, 1.54) is 33.0 Å². The summed E-state index contributed by atoms with van der Waals surface area (Å²) in [4.78, 5) is 4.77. The molecule has 14 rings (SSSR count). The van der Waals surface area contributed by atoms with Crippen LogP contribution in [-0.2, 0) is 5.41 Å². The van der Waals surface area contributed by atoms with E-state index in [4.69, 9.17) is 8.83 Å². The minimum Gasteiger partial charge on any atom is -0.455 e. The van der Waals surface area contributed by atoms with Crippen LogP contribution >= 0.6 is 0 Å². The molecule has 0 aliphatic heterocycles. The summed E-state index contributed by atoms with van der Waals surface area (Å²) in [6, 6.07) is 87.3. The van der Waals surface area contributed by atoms with Crippen LogP contribution in [0, 0.1) is 0 Å². The fourth-order valence-corrected chi connectivity index (χ4v) is 11.5. The Balaban J connectivity index is 0.854. The van der Waals surface area contributed by atoms with Gasteiger partial charge in [0.25, 0.3) is 0 Å². The second-order valence-electron chi connectivity index (χ2n) is 19.2. The van der Waals surface area contributed by atoms with Gasteiger partial charge in [0, 0.05) is 71.9 Å². The lowest BCUT2D eigenvalue weighted by Gasteiger charge is -2.28. The Morgan fingerprint density at radius 2 is 0.775 bits per heavy atom. The van der Waals surface area contributed by atoms with E-state index in [1.807, 2.05) is 24.3 Å². The minimum atomic E-state index is -0.250. The first-order valence-corrected chi connectivity index (χ1v) is 24.4. The highest BCUT2D eigenvalue weighted by Gasteiger charge is 2.37. The molecule has 0 saturated carbocycles. The summed E-state index contributed by atoms with van der Waals surface area (Å²) in [7, 11) is 0. The zero-order valence-corrected chi connectivity index (χ0v) is 39.3. The first-order chi connectivity index (χ1) is 35.0. The molecule has 4 nitrogen and oxygen atoms in total. The molecular formula is C67H46N2O2. The fourth-order valence-electron chi connectivity index (χ4n) is 11.5. The van der Waals surface area contributed by atoms with E-state index < -0.39 is 0 Å². The molecule has 0 N–H and O–H groups in total. The number of nitrogens with zero attached hydrogens (tertiary/aromatic N) is 2. The van der Waals surface area contributed by atoms with Crippen molar-refractivity contribution >= 4 is 88.8 Å². The van der Waals surface area contributed by atoms with Gasteiger partial charge >= 0.3 is 0 Å². The van der Waals surface area contributed by atoms with E-state index >= 15 is 0 Å². The van der Waals surface area contributed by atoms with Crippen molar-refractivity contribution in [3.05, 3.63) is 254 Å². The number of furan rings is 2. The summed E-state index contributed by atoms with van der Waals surface area (Å²) in [5.41, 5.74) is 19.6. The Kier molecular flexibility index (Phi) is 9.21. The van der Waals surface area contributed by atoms with Crippen LogP contribution in [0.2, 0.25) is 0 Å². The van der Waals surface area contributed by atoms with E-state index in [9.17, 15) is 0 Å². The van der Waals surface area contributed by atoms with E-state index in [2.05, 4.69) is 242 Å². The summed E-state index contributed by atoms with van der Waals surface area (Å²) in [6.45, 7) is 4.75. The van der Waals surface area contributed by atoms with E-state index in [-0.39, 0.29) is 5.41 Å². The van der Waals surface area contributed by atoms with Crippen LogP contribution in [0.5, 0.6) is 0 Å². The van der Waals surface area contributed by atoms with Crippen molar-refractivity contribution in [1.82, 2.24) is 0 Å². The fraction of sp³-hybridized carbons (Fsp3) is 0.0448. The van der Waals surface area contributed by atoms with Gasteiger partial charge in [0.1, 0.15) is 22.3 Å². The summed E-state index contributed by atoms with van der Waals surface area (Å²) in [5, 5.41) is 6.97. The second-order valence-corrected chi connectivity index (χ2v) is 19.2. The Hall–Kier alpha value is -9.12. The Morgan fingerprint density at radius 3 is 1.37 bits per heavy atom. The van der Waals surface area contributed by atoms with Crippen molar-refractivity contribution in [3.8, 4) is 33.4 Å². The van der Waals surface area contributed by atoms with Gasteiger partial charge in [-0.3, -0.25) is 0 Å². The monoisotopic (exact) mass is 910 g/mol. The maximum Gasteiger partial charge on any atom is 0.143 e. The number of para-hydroxylation sites is 6. The summed E-state index contributed by atoms with van der Waals surface area (Å²) in [6.07, 6.45) is 0. The molecule has 0 atom stereocenters. The van der Waals surface area contributed by atoms with Crippen LogP contribution in [-0.4, -0.2) is 0 Å². The highest BCUT2D eigenvalue weighted by molar-refractivity contribution is 6.12. The second kappa shape index (κ2) is 16.0. The SMILES string of the molecule is CC1(C)c2cc(N(c3ccccc3)c3ccc(-c4cccc5c4oc4ccccc45)cc3)ccc2-c2c1ccc1c(N(c3ccccc3)c3ccc(-c4cccc5c4oc4ccccc45)cc3)cccc21. The molecule has 336 valence electrons. The molecule has 2 aromatic heterocycles. The zero-order chi connectivity index (χ0) is 47.2. The van der Waals surface area contributed by atoms with Gasteiger partial charge in [-0.2, -0.15) is 0 Å². The molecule has 4 heteroatoms. The average molecular weight is 911 g/mol. The molecule has 2 heterocycles. The third-order valence-corrected chi connectivity index (χ3v) is 14.9. The molecule has 0 unspecified atom stereocenters. The van der Waals surface area contributed by atoms with Crippen LogP contribution in [0.4, 0.5) is 34.1 Å². The first-order valence-electron chi connectivity index (χ1n) is 24.4. The molecule has 0 bridgehead atoms. The molecule has 0 fully saturated rings. The number of anilines is 6. The third kappa shape index (κ3) is 6.45. The molecule has 13 aromatic rings. The maximum absolute atomic E-state index is 6.46. The molecule has 0 amide bonds. The average Bonchev–Trinajstić information content (AvgIpc) is 4.08. The predicted molar refractivity (Wildman–Crippen MR) is 296 cm³/mol. The van der Waals surface area contributed by atoms with Gasteiger partial charge in [-0.05, 0) is 118 Å². The molecular weight excluding hydrogens is 865 g/mol. The van der Waals surface area contributed by atoms with Gasteiger partial charge in [-0.1, -0.05) is 178 Å². The van der Waals surface area contributed by atoms with Gasteiger partial charge in [-0.15, -0.1) is 0 Å². The number of hydrogen-bond donors (Lipinski definition) is 0. The molecule has 0 spiro atoms. The van der Waals surface area contributed by atoms with Crippen LogP contribution < -0.4 is 9.80 Å². The molecule has 0 saturated heterocycles. The van der Waals surface area contributed by atoms with Gasteiger partial charge < -0.3 is 18.6 Å². The Morgan fingerprint density at radius 1 is 0.310 bits per heavy atom. The number of rotatable bonds is 8. The topological polar surface area (TPSA) is 32.8 Å². The largest absolute Gasteiger partial charge is 0.455 e. The summed E-state index contributed by atoms with van der Waals surface area (Å²) < 4.78 is 12.9. The van der Waals surface area contributed by atoms with Gasteiger partial charge in [0.2, 0.25) is 0 Å². The lowest BCUT2D eigenvalue weighted by Crippen LogP contribution is -2.16. The Labute approximate surface area is 411 Å². The van der Waals surface area contributed by atoms with Crippen LogP contribution in [0.1, 0.15) is 25.0 Å². The molecule has 71 heavy (non-hydrogen) atoms. The third-order valence-electron chi connectivity index (χ3n) is 14.9. The van der Waals surface area contributed by atoms with Crippen LogP contribution in [0.3, 0.4) is 0 Å². The minimum absolute atomic E-state index is 0.250. The molecule has 11 aromatic carbocycles. The van der Waals surface area contributed by atoms with E-state index in [0.717, 1.165) is 100 Å². The molecule has 1 aliphatic rings. The number of fused-ring (bicyclic) bond motifs is 11. The van der Waals surface area contributed by atoms with Crippen molar-refractivity contribution in [1.29, 1.82) is 0 Å². The maximum atomic E-state index is 6.46. The van der Waals surface area contributed by atoms with Crippen LogP contribution in [0.25, 0.3) is 88.0 Å². The van der Waals surface area contributed by atoms with Crippen LogP contribution in [0.15, 0.2) is 251 Å². The highest BCUT2D eigenvalue weighted by Crippen LogP contribution is 2.54. The number of hydrogen-bond acceptors (Lipinski definition) is 4. The van der Waals surface area contributed by atoms with Crippen molar-refractivity contribution in [2.75, 3.05) is 9.80 Å². The number of benzene rings is 11. The van der Waals surface area contributed by atoms with Gasteiger partial charge in [0.05, 0.1) is 5.69 Å². The van der Waals surface area contributed by atoms with E-state index in [0.29, 0.717) is 0 Å². The highest BCUT2D eigenvalue weighted by atomic mass is 16.3. The summed E-state index contributed by atoms with van der Waals surface area (Å²) >= 11 is 0. The van der Waals surface area contributed by atoms with Gasteiger partial charge in [-0.25, -0.2) is 0 Å². The lowest BCUT2D eigenvalue weighted by atomic mass is 9.81. The lowest BCUT2D eigenvalue weighted by molar-refractivity contribution is 0.661. The van der Waals surface area contributed by atoms with Crippen molar-refractivity contribution in [2.24, 2.45) is 0 Å². The zero-order valence-electron chi connectivity index (χ0n) is 39.3. The molecule has 1 aliphatic carbocycles. The quantitative estimate of drug-likeness (QED) is 0.152. The standard InChI is InChI=1S/C67H46N2O2/c1-67(2)59-41-40-52-55(24-15-27-61(52)69(46-18-7-4-8-19-46)48-36-32-44(33-37-48)51-23-14-26-57-54-21-10-12-29-63(54)71-66(51)57)64(59)58-39-38-49(42-60(58)67)68(45-16-5-3-6-17-45)47-34-30-43(31-35-47)50-22-13-25-56-53-20-9-11-28-62(53)70-65(50)56/h3-42H,1-2H3. The first kappa shape index (κ1) is 40.9. The molecule has 0 radical (unpaired) electrons. The summed E-state index contributed by atoms with van der Waals surface area (Å²) in [5.74, 6) is 0. The van der Waals surface area contributed by atoms with Gasteiger partial charge in [0.15, 0.2) is 0 Å². The van der Waals surface area contributed by atoms with Crippen molar-refractivity contribution < 1.29 is 8.83 Å². The predicted octanol–water partition coefficient (Wildman–Crippen LogP) is 19.2. The van der Waals surface area contributed by atoms with Crippen molar-refractivity contribution in [3.63, 3.8) is 0 Å². The van der Waals surface area contributed by atoms with Crippen molar-refractivity contribution in [2.45, 2.75) is 19.3 Å². The Bertz CT molecular complexity index is 4190.